The third-order valence-electron chi connectivity index (χ3n) is 5.35. The molecule has 2 saturated carbocycles. The summed E-state index contributed by atoms with van der Waals surface area (Å²) in [6, 6.07) is 2.38. The first-order valence-corrected chi connectivity index (χ1v) is 7.69. The fourth-order valence-electron chi connectivity index (χ4n) is 4.24. The second-order valence-electron chi connectivity index (χ2n) is 6.75. The van der Waals surface area contributed by atoms with Crippen molar-refractivity contribution in [3.63, 3.8) is 0 Å². The third kappa shape index (κ3) is 2.59. The minimum absolute atomic E-state index is 0.189. The van der Waals surface area contributed by atoms with Gasteiger partial charge in [-0.25, -0.2) is 13.2 Å². The maximum Gasteiger partial charge on any atom is 0.194 e. The van der Waals surface area contributed by atoms with E-state index in [1.165, 1.54) is 31.4 Å². The standard InChI is InChI=1S/C17H21F3/c1-10-2-3-12-7-13(5-4-11(12)6-10)14-8-15(18)17(20)16(19)9-14/h8-13H,2-7H2,1H3/t10?,11?,12-,13-/m0/s1. The van der Waals surface area contributed by atoms with Gasteiger partial charge in [0.2, 0.25) is 0 Å². The molecule has 0 saturated heterocycles. The molecule has 0 N–H and O–H groups in total. The first-order chi connectivity index (χ1) is 9.54. The fourth-order valence-corrected chi connectivity index (χ4v) is 4.24. The van der Waals surface area contributed by atoms with E-state index in [-0.39, 0.29) is 5.92 Å². The molecule has 20 heavy (non-hydrogen) atoms. The molecule has 4 atom stereocenters. The summed E-state index contributed by atoms with van der Waals surface area (Å²) < 4.78 is 39.8. The molecule has 1 aromatic rings. The number of rotatable bonds is 1. The van der Waals surface area contributed by atoms with E-state index in [0.29, 0.717) is 11.5 Å². The van der Waals surface area contributed by atoms with Crippen molar-refractivity contribution in [3.8, 4) is 0 Å². The second-order valence-corrected chi connectivity index (χ2v) is 6.75. The van der Waals surface area contributed by atoms with Gasteiger partial charge in [0, 0.05) is 0 Å². The lowest BCUT2D eigenvalue weighted by atomic mass is 9.64. The summed E-state index contributed by atoms with van der Waals surface area (Å²) in [6.07, 6.45) is 6.90. The molecule has 0 amide bonds. The van der Waals surface area contributed by atoms with Gasteiger partial charge in [-0.15, -0.1) is 0 Å². The Hall–Kier alpha value is -0.990. The highest BCUT2D eigenvalue weighted by atomic mass is 19.2. The summed E-state index contributed by atoms with van der Waals surface area (Å²) >= 11 is 0. The van der Waals surface area contributed by atoms with Crippen LogP contribution in [0.5, 0.6) is 0 Å². The van der Waals surface area contributed by atoms with Crippen molar-refractivity contribution in [1.82, 2.24) is 0 Å². The smallest absolute Gasteiger partial charge is 0.194 e. The first-order valence-electron chi connectivity index (χ1n) is 7.69. The normalized spacial score (nSPS) is 33.8. The highest BCUT2D eigenvalue weighted by Crippen LogP contribution is 2.47. The number of fused-ring (bicyclic) bond motifs is 1. The molecule has 2 fully saturated rings. The maximum atomic E-state index is 13.4. The molecule has 3 heteroatoms. The second kappa shape index (κ2) is 5.42. The van der Waals surface area contributed by atoms with Gasteiger partial charge in [0.1, 0.15) is 0 Å². The van der Waals surface area contributed by atoms with E-state index < -0.39 is 17.5 Å². The van der Waals surface area contributed by atoms with Gasteiger partial charge >= 0.3 is 0 Å². The van der Waals surface area contributed by atoms with Crippen LogP contribution in [0.3, 0.4) is 0 Å². The van der Waals surface area contributed by atoms with Crippen molar-refractivity contribution in [2.24, 2.45) is 17.8 Å². The molecule has 0 nitrogen and oxygen atoms in total. The molecule has 2 unspecified atom stereocenters. The van der Waals surface area contributed by atoms with Crippen molar-refractivity contribution in [2.45, 2.75) is 51.4 Å². The quantitative estimate of drug-likeness (QED) is 0.603. The van der Waals surface area contributed by atoms with Crippen molar-refractivity contribution in [2.75, 3.05) is 0 Å². The van der Waals surface area contributed by atoms with Crippen LogP contribution < -0.4 is 0 Å². The molecule has 0 aliphatic heterocycles. The van der Waals surface area contributed by atoms with Crippen LogP contribution in [0.15, 0.2) is 12.1 Å². The van der Waals surface area contributed by atoms with Gasteiger partial charge in [0.25, 0.3) is 0 Å². The van der Waals surface area contributed by atoms with Crippen LogP contribution in [0.2, 0.25) is 0 Å². The predicted octanol–water partition coefficient (Wildman–Crippen LogP) is 5.42. The molecule has 110 valence electrons. The molecule has 2 aliphatic carbocycles. The number of hydrogen-bond acceptors (Lipinski definition) is 0. The van der Waals surface area contributed by atoms with E-state index in [1.807, 2.05) is 0 Å². The average Bonchev–Trinajstić information content (AvgIpc) is 2.43. The minimum atomic E-state index is -1.35. The SMILES string of the molecule is CC1CC[C@H]2C[C@@H](c3cc(F)c(F)c(F)c3)CCC2C1. The van der Waals surface area contributed by atoms with Gasteiger partial charge in [-0.3, -0.25) is 0 Å². The zero-order valence-corrected chi connectivity index (χ0v) is 11.8. The summed E-state index contributed by atoms with van der Waals surface area (Å²) in [5.74, 6) is -0.998. The monoisotopic (exact) mass is 282 g/mol. The minimum Gasteiger partial charge on any atom is -0.204 e. The molecule has 3 rings (SSSR count). The molecular weight excluding hydrogens is 261 g/mol. The lowest BCUT2D eigenvalue weighted by Gasteiger charge is -2.41. The highest BCUT2D eigenvalue weighted by molar-refractivity contribution is 5.24. The summed E-state index contributed by atoms with van der Waals surface area (Å²) in [5, 5.41) is 0. The van der Waals surface area contributed by atoms with Crippen LogP contribution in [0.1, 0.15) is 56.9 Å². The Bertz CT molecular complexity index is 474. The number of halogens is 3. The maximum absolute atomic E-state index is 13.4. The van der Waals surface area contributed by atoms with E-state index in [2.05, 4.69) is 6.92 Å². The van der Waals surface area contributed by atoms with Gasteiger partial charge in [-0.05, 0) is 73.5 Å². The molecule has 0 spiro atoms. The third-order valence-corrected chi connectivity index (χ3v) is 5.35. The Balaban J connectivity index is 1.76. The average molecular weight is 282 g/mol. The predicted molar refractivity (Wildman–Crippen MR) is 72.9 cm³/mol. The van der Waals surface area contributed by atoms with Crippen LogP contribution in [0.4, 0.5) is 13.2 Å². The van der Waals surface area contributed by atoms with E-state index in [1.54, 1.807) is 0 Å². The van der Waals surface area contributed by atoms with E-state index in [0.717, 1.165) is 31.1 Å². The summed E-state index contributed by atoms with van der Waals surface area (Å²) in [6.45, 7) is 2.31. The van der Waals surface area contributed by atoms with Crippen LogP contribution >= 0.6 is 0 Å². The van der Waals surface area contributed by atoms with Crippen molar-refractivity contribution >= 4 is 0 Å². The Labute approximate surface area is 118 Å². The molecule has 1 aromatic carbocycles. The Kier molecular flexibility index (Phi) is 3.78. The van der Waals surface area contributed by atoms with Gasteiger partial charge in [-0.1, -0.05) is 13.3 Å². The zero-order chi connectivity index (χ0) is 14.3. The van der Waals surface area contributed by atoms with Gasteiger partial charge in [-0.2, -0.15) is 0 Å². The summed E-state index contributed by atoms with van der Waals surface area (Å²) in [7, 11) is 0. The van der Waals surface area contributed by atoms with Gasteiger partial charge in [0.05, 0.1) is 0 Å². The highest BCUT2D eigenvalue weighted by Gasteiger charge is 2.35. The summed E-state index contributed by atoms with van der Waals surface area (Å²) in [4.78, 5) is 0. The molecule has 0 heterocycles. The molecule has 0 aromatic heterocycles. The lowest BCUT2D eigenvalue weighted by molar-refractivity contribution is 0.124. The van der Waals surface area contributed by atoms with E-state index in [9.17, 15) is 13.2 Å². The number of hydrogen-bond donors (Lipinski definition) is 0. The molecule has 0 bridgehead atoms. The van der Waals surface area contributed by atoms with Crippen LogP contribution in [0.25, 0.3) is 0 Å². The largest absolute Gasteiger partial charge is 0.204 e. The van der Waals surface area contributed by atoms with Crippen LogP contribution in [0, 0.1) is 35.2 Å². The van der Waals surface area contributed by atoms with Crippen molar-refractivity contribution in [3.05, 3.63) is 35.1 Å². The Morgan fingerprint density at radius 3 is 2.15 bits per heavy atom. The zero-order valence-electron chi connectivity index (χ0n) is 11.8. The number of benzene rings is 1. The van der Waals surface area contributed by atoms with Crippen molar-refractivity contribution < 1.29 is 13.2 Å². The Morgan fingerprint density at radius 2 is 1.45 bits per heavy atom. The summed E-state index contributed by atoms with van der Waals surface area (Å²) in [5.41, 5.74) is 0.637. The first kappa shape index (κ1) is 14.0. The van der Waals surface area contributed by atoms with Gasteiger partial charge < -0.3 is 0 Å². The van der Waals surface area contributed by atoms with Crippen LogP contribution in [-0.4, -0.2) is 0 Å². The molecular formula is C17H21F3. The van der Waals surface area contributed by atoms with Gasteiger partial charge in [0.15, 0.2) is 17.5 Å². The Morgan fingerprint density at radius 1 is 0.850 bits per heavy atom. The topological polar surface area (TPSA) is 0 Å². The van der Waals surface area contributed by atoms with Crippen LogP contribution in [-0.2, 0) is 0 Å². The van der Waals surface area contributed by atoms with E-state index >= 15 is 0 Å². The van der Waals surface area contributed by atoms with E-state index in [4.69, 9.17) is 0 Å². The fraction of sp³-hybridized carbons (Fsp3) is 0.647. The lowest BCUT2D eigenvalue weighted by Crippen LogP contribution is -2.29. The molecule has 0 radical (unpaired) electrons. The molecule has 2 aliphatic rings. The van der Waals surface area contributed by atoms with Crippen molar-refractivity contribution in [1.29, 1.82) is 0 Å².